The van der Waals surface area contributed by atoms with E-state index in [1.807, 2.05) is 6.07 Å². The zero-order valence-electron chi connectivity index (χ0n) is 12.7. The Morgan fingerprint density at radius 2 is 2.10 bits per heavy atom. The topological polar surface area (TPSA) is 79.5 Å². The molecule has 0 bridgehead atoms. The average molecular weight is 293 g/mol. The number of hydrogen-bond donors (Lipinski definition) is 3. The summed E-state index contributed by atoms with van der Waals surface area (Å²) in [6.07, 6.45) is 0.779. The molecule has 0 aliphatic heterocycles. The van der Waals surface area contributed by atoms with Crippen LogP contribution < -0.4 is 16.0 Å². The van der Waals surface area contributed by atoms with Crippen LogP contribution in [0.1, 0.15) is 23.7 Å². The summed E-state index contributed by atoms with van der Waals surface area (Å²) in [6, 6.07) is 6.65. The predicted molar refractivity (Wildman–Crippen MR) is 82.4 cm³/mol. The molecule has 0 fully saturated rings. The molecule has 2 amide bonds. The van der Waals surface area contributed by atoms with Gasteiger partial charge < -0.3 is 20.7 Å². The summed E-state index contributed by atoms with van der Waals surface area (Å²) in [5, 5.41) is 8.47. The highest BCUT2D eigenvalue weighted by atomic mass is 16.5. The third kappa shape index (κ3) is 5.83. The molecule has 0 spiro atoms. The summed E-state index contributed by atoms with van der Waals surface area (Å²) in [6.45, 7) is 2.98. The quantitative estimate of drug-likeness (QED) is 0.625. The van der Waals surface area contributed by atoms with Crippen molar-refractivity contribution in [2.75, 3.05) is 32.6 Å². The summed E-state index contributed by atoms with van der Waals surface area (Å²) in [4.78, 5) is 23.4. The van der Waals surface area contributed by atoms with Crippen LogP contribution in [0.5, 0.6) is 0 Å². The first-order valence-corrected chi connectivity index (χ1v) is 6.93. The second-order valence-corrected chi connectivity index (χ2v) is 4.66. The Labute approximate surface area is 125 Å². The van der Waals surface area contributed by atoms with Gasteiger partial charge in [0.15, 0.2) is 0 Å². The Hall–Kier alpha value is -2.08. The Balaban J connectivity index is 2.52. The van der Waals surface area contributed by atoms with Crippen LogP contribution in [0.2, 0.25) is 0 Å². The maximum Gasteiger partial charge on any atom is 0.251 e. The number of anilines is 1. The number of amides is 2. The van der Waals surface area contributed by atoms with Crippen molar-refractivity contribution in [1.82, 2.24) is 10.6 Å². The van der Waals surface area contributed by atoms with E-state index >= 15 is 0 Å². The second kappa shape index (κ2) is 8.97. The van der Waals surface area contributed by atoms with Gasteiger partial charge in [0.25, 0.3) is 5.91 Å². The summed E-state index contributed by atoms with van der Waals surface area (Å²) in [5.41, 5.74) is 1.28. The van der Waals surface area contributed by atoms with E-state index < -0.39 is 0 Å². The maximum atomic E-state index is 11.9. The minimum atomic E-state index is -0.382. The molecule has 6 heteroatoms. The van der Waals surface area contributed by atoms with E-state index in [4.69, 9.17) is 4.74 Å². The van der Waals surface area contributed by atoms with E-state index in [0.717, 1.165) is 12.1 Å². The van der Waals surface area contributed by atoms with Crippen molar-refractivity contribution in [3.8, 4) is 0 Å². The van der Waals surface area contributed by atoms with Gasteiger partial charge >= 0.3 is 0 Å². The Bertz CT molecular complexity index is 477. The first-order valence-electron chi connectivity index (χ1n) is 6.93. The largest absolute Gasteiger partial charge is 0.385 e. The number of methoxy groups -OCH3 is 1. The van der Waals surface area contributed by atoms with Crippen molar-refractivity contribution in [2.24, 2.45) is 0 Å². The number of carbonyl (C=O) groups is 2. The molecule has 1 unspecified atom stereocenters. The fourth-order valence-corrected chi connectivity index (χ4v) is 1.79. The summed E-state index contributed by atoms with van der Waals surface area (Å²) < 4.78 is 4.92. The van der Waals surface area contributed by atoms with Crippen molar-refractivity contribution in [2.45, 2.75) is 19.4 Å². The van der Waals surface area contributed by atoms with Gasteiger partial charge in [-0.1, -0.05) is 6.07 Å². The standard InChI is InChI=1S/C15H23N3O3/c1-11(14(19)17-8-5-9-21-3)18-13-7-4-6-12(10-13)15(20)16-2/h4,6-7,10-11,18H,5,8-9H2,1-3H3,(H,16,20)(H,17,19). The highest BCUT2D eigenvalue weighted by molar-refractivity contribution is 5.95. The van der Waals surface area contributed by atoms with Gasteiger partial charge in [-0.15, -0.1) is 0 Å². The van der Waals surface area contributed by atoms with Crippen molar-refractivity contribution in [3.05, 3.63) is 29.8 Å². The van der Waals surface area contributed by atoms with E-state index in [0.29, 0.717) is 18.7 Å². The zero-order chi connectivity index (χ0) is 15.7. The van der Waals surface area contributed by atoms with Crippen molar-refractivity contribution < 1.29 is 14.3 Å². The molecule has 0 heterocycles. The number of carbonyl (C=O) groups excluding carboxylic acids is 2. The molecule has 0 radical (unpaired) electrons. The number of hydrogen-bond acceptors (Lipinski definition) is 4. The van der Waals surface area contributed by atoms with E-state index in [-0.39, 0.29) is 17.9 Å². The van der Waals surface area contributed by atoms with Crippen LogP contribution in [0.15, 0.2) is 24.3 Å². The van der Waals surface area contributed by atoms with Crippen LogP contribution >= 0.6 is 0 Å². The average Bonchev–Trinajstić information content (AvgIpc) is 2.50. The lowest BCUT2D eigenvalue weighted by Gasteiger charge is -2.15. The maximum absolute atomic E-state index is 11.9. The van der Waals surface area contributed by atoms with Gasteiger partial charge in [0.2, 0.25) is 5.91 Å². The van der Waals surface area contributed by atoms with Gasteiger partial charge in [-0.05, 0) is 31.5 Å². The highest BCUT2D eigenvalue weighted by Gasteiger charge is 2.12. The van der Waals surface area contributed by atoms with Crippen LogP contribution in [0.3, 0.4) is 0 Å². The summed E-state index contributed by atoms with van der Waals surface area (Å²) in [7, 11) is 3.21. The predicted octanol–water partition coefficient (Wildman–Crippen LogP) is 0.999. The summed E-state index contributed by atoms with van der Waals surface area (Å²) >= 11 is 0. The second-order valence-electron chi connectivity index (χ2n) is 4.66. The lowest BCUT2D eigenvalue weighted by molar-refractivity contribution is -0.121. The van der Waals surface area contributed by atoms with E-state index in [2.05, 4.69) is 16.0 Å². The fraction of sp³-hybridized carbons (Fsp3) is 0.467. The van der Waals surface area contributed by atoms with Gasteiger partial charge in [0.05, 0.1) is 0 Å². The van der Waals surface area contributed by atoms with Crippen LogP contribution in [0, 0.1) is 0 Å². The zero-order valence-corrected chi connectivity index (χ0v) is 12.7. The molecule has 0 aliphatic carbocycles. The van der Waals surface area contributed by atoms with Gasteiger partial charge in [-0.25, -0.2) is 0 Å². The van der Waals surface area contributed by atoms with Gasteiger partial charge in [-0.2, -0.15) is 0 Å². The number of benzene rings is 1. The molecule has 3 N–H and O–H groups in total. The molecule has 1 rings (SSSR count). The molecule has 6 nitrogen and oxygen atoms in total. The fourth-order valence-electron chi connectivity index (χ4n) is 1.79. The normalized spacial score (nSPS) is 11.6. The molecular formula is C15H23N3O3. The van der Waals surface area contributed by atoms with Crippen LogP contribution in [-0.4, -0.2) is 45.2 Å². The van der Waals surface area contributed by atoms with E-state index in [1.54, 1.807) is 39.3 Å². The van der Waals surface area contributed by atoms with E-state index in [1.165, 1.54) is 0 Å². The first kappa shape index (κ1) is 17.0. The molecule has 21 heavy (non-hydrogen) atoms. The first-order chi connectivity index (χ1) is 10.1. The van der Waals surface area contributed by atoms with Gasteiger partial charge in [0, 0.05) is 38.6 Å². The van der Waals surface area contributed by atoms with Crippen molar-refractivity contribution in [3.63, 3.8) is 0 Å². The molecule has 1 aromatic rings. The molecule has 0 aliphatic rings. The molecule has 0 aromatic heterocycles. The Morgan fingerprint density at radius 1 is 1.33 bits per heavy atom. The lowest BCUT2D eigenvalue weighted by Crippen LogP contribution is -2.38. The SMILES string of the molecule is CNC(=O)c1cccc(NC(C)C(=O)NCCCOC)c1. The minimum absolute atomic E-state index is 0.0866. The molecule has 1 aromatic carbocycles. The number of ether oxygens (including phenoxy) is 1. The monoisotopic (exact) mass is 293 g/mol. The number of nitrogens with one attached hydrogen (secondary N) is 3. The van der Waals surface area contributed by atoms with Crippen molar-refractivity contribution in [1.29, 1.82) is 0 Å². The van der Waals surface area contributed by atoms with E-state index in [9.17, 15) is 9.59 Å². The lowest BCUT2D eigenvalue weighted by atomic mass is 10.1. The Morgan fingerprint density at radius 3 is 2.76 bits per heavy atom. The van der Waals surface area contributed by atoms with Crippen LogP contribution in [0.25, 0.3) is 0 Å². The smallest absolute Gasteiger partial charge is 0.251 e. The molecule has 0 saturated carbocycles. The van der Waals surface area contributed by atoms with Gasteiger partial charge in [0.1, 0.15) is 6.04 Å². The van der Waals surface area contributed by atoms with Crippen LogP contribution in [-0.2, 0) is 9.53 Å². The van der Waals surface area contributed by atoms with Gasteiger partial charge in [-0.3, -0.25) is 9.59 Å². The molecule has 0 saturated heterocycles. The third-order valence-electron chi connectivity index (χ3n) is 2.95. The summed E-state index contributed by atoms with van der Waals surface area (Å²) in [5.74, 6) is -0.244. The van der Waals surface area contributed by atoms with Crippen LogP contribution in [0.4, 0.5) is 5.69 Å². The third-order valence-corrected chi connectivity index (χ3v) is 2.95. The molecule has 116 valence electrons. The molecule has 1 atom stereocenters. The molecular weight excluding hydrogens is 270 g/mol. The number of rotatable bonds is 8. The van der Waals surface area contributed by atoms with Crippen molar-refractivity contribution >= 4 is 17.5 Å². The highest BCUT2D eigenvalue weighted by Crippen LogP contribution is 2.11. The minimum Gasteiger partial charge on any atom is -0.385 e. The Kier molecular flexibility index (Phi) is 7.25.